The van der Waals surface area contributed by atoms with Gasteiger partial charge < -0.3 is 5.32 Å². The van der Waals surface area contributed by atoms with Gasteiger partial charge in [-0.15, -0.1) is 0 Å². The Labute approximate surface area is 90.4 Å². The average Bonchev–Trinajstić information content (AvgIpc) is 2.55. The molecule has 1 N–H and O–H groups in total. The van der Waals surface area contributed by atoms with Gasteiger partial charge in [0.1, 0.15) is 0 Å². The average molecular weight is 200 g/mol. The van der Waals surface area contributed by atoms with Crippen LogP contribution in [0.25, 0.3) is 6.08 Å². The van der Waals surface area contributed by atoms with Crippen molar-refractivity contribution < 1.29 is 0 Å². The van der Waals surface area contributed by atoms with Gasteiger partial charge in [-0.05, 0) is 30.9 Å². The van der Waals surface area contributed by atoms with Crippen LogP contribution in [-0.4, -0.2) is 17.1 Å². The van der Waals surface area contributed by atoms with Crippen LogP contribution in [0, 0.1) is 0 Å². The number of aromatic nitrogens is 1. The van der Waals surface area contributed by atoms with E-state index in [0.29, 0.717) is 6.04 Å². The van der Waals surface area contributed by atoms with Crippen LogP contribution in [0.5, 0.6) is 0 Å². The molecule has 2 aliphatic heterocycles. The first-order valence-electron chi connectivity index (χ1n) is 5.78. The smallest absolute Gasteiger partial charge is 0.0340 e. The summed E-state index contributed by atoms with van der Waals surface area (Å²) >= 11 is 0. The maximum atomic E-state index is 4.15. The lowest BCUT2D eigenvalue weighted by atomic mass is 10.0. The summed E-state index contributed by atoms with van der Waals surface area (Å²) in [5, 5.41) is 3.67. The van der Waals surface area contributed by atoms with Crippen LogP contribution in [0.15, 0.2) is 30.1 Å². The molecule has 15 heavy (non-hydrogen) atoms. The molecular formula is C13H16N2. The summed E-state index contributed by atoms with van der Waals surface area (Å²) in [5.41, 5.74) is 2.81. The molecule has 78 valence electrons. The van der Waals surface area contributed by atoms with Crippen LogP contribution in [0.1, 0.15) is 31.2 Å². The molecule has 0 amide bonds. The number of rotatable bonds is 1. The molecule has 2 nitrogen and oxygen atoms in total. The van der Waals surface area contributed by atoms with Gasteiger partial charge in [-0.1, -0.05) is 24.1 Å². The minimum Gasteiger partial charge on any atom is -0.307 e. The zero-order valence-corrected chi connectivity index (χ0v) is 8.82. The Kier molecular flexibility index (Phi) is 2.29. The first-order chi connectivity index (χ1) is 7.42. The summed E-state index contributed by atoms with van der Waals surface area (Å²) in [7, 11) is 0. The maximum Gasteiger partial charge on any atom is 0.0340 e. The standard InChI is InChI=1S/C13H16N2/c1-4-12-8-11(13(5-1)15-12)7-10-3-2-6-14-9-10/h2-3,6-7,9,12-13,15H,1,4-5,8H2. The molecule has 0 aliphatic carbocycles. The Balaban J connectivity index is 1.85. The van der Waals surface area contributed by atoms with Gasteiger partial charge in [0.05, 0.1) is 0 Å². The molecule has 0 spiro atoms. The molecule has 3 rings (SSSR count). The summed E-state index contributed by atoms with van der Waals surface area (Å²) in [6, 6.07) is 5.51. The predicted molar refractivity (Wildman–Crippen MR) is 61.4 cm³/mol. The lowest BCUT2D eigenvalue weighted by molar-refractivity contribution is 0.414. The van der Waals surface area contributed by atoms with Crippen molar-refractivity contribution in [2.24, 2.45) is 0 Å². The molecule has 2 heteroatoms. The van der Waals surface area contributed by atoms with Crippen LogP contribution < -0.4 is 5.32 Å². The van der Waals surface area contributed by atoms with Crippen molar-refractivity contribution in [1.82, 2.24) is 10.3 Å². The van der Waals surface area contributed by atoms with E-state index in [1.165, 1.54) is 31.2 Å². The largest absolute Gasteiger partial charge is 0.307 e. The van der Waals surface area contributed by atoms with Gasteiger partial charge >= 0.3 is 0 Å². The summed E-state index contributed by atoms with van der Waals surface area (Å²) in [6.45, 7) is 0. The highest BCUT2D eigenvalue weighted by Crippen LogP contribution is 2.32. The second kappa shape index (κ2) is 3.78. The fourth-order valence-electron chi connectivity index (χ4n) is 2.73. The fraction of sp³-hybridized carbons (Fsp3) is 0.462. The number of piperidine rings is 1. The lowest BCUT2D eigenvalue weighted by Crippen LogP contribution is -2.33. The Morgan fingerprint density at radius 1 is 1.40 bits per heavy atom. The van der Waals surface area contributed by atoms with E-state index in [9.17, 15) is 0 Å². The van der Waals surface area contributed by atoms with Crippen LogP contribution >= 0.6 is 0 Å². The molecule has 2 bridgehead atoms. The molecule has 0 radical (unpaired) electrons. The van der Waals surface area contributed by atoms with Crippen molar-refractivity contribution in [1.29, 1.82) is 0 Å². The molecule has 3 heterocycles. The van der Waals surface area contributed by atoms with Gasteiger partial charge in [-0.3, -0.25) is 4.98 Å². The van der Waals surface area contributed by atoms with E-state index in [2.05, 4.69) is 22.4 Å². The van der Waals surface area contributed by atoms with Gasteiger partial charge in [0.15, 0.2) is 0 Å². The number of fused-ring (bicyclic) bond motifs is 2. The Morgan fingerprint density at radius 2 is 2.40 bits per heavy atom. The highest BCUT2D eigenvalue weighted by molar-refractivity contribution is 5.54. The third-order valence-corrected chi connectivity index (χ3v) is 3.45. The fourth-order valence-corrected chi connectivity index (χ4v) is 2.73. The predicted octanol–water partition coefficient (Wildman–Crippen LogP) is 2.38. The van der Waals surface area contributed by atoms with Crippen LogP contribution in [-0.2, 0) is 0 Å². The lowest BCUT2D eigenvalue weighted by Gasteiger charge is -2.19. The summed E-state index contributed by atoms with van der Waals surface area (Å²) < 4.78 is 0. The second-order valence-corrected chi connectivity index (χ2v) is 4.56. The van der Waals surface area contributed by atoms with E-state index in [0.717, 1.165) is 6.04 Å². The molecule has 2 fully saturated rings. The molecule has 2 aliphatic rings. The van der Waals surface area contributed by atoms with Gasteiger partial charge in [-0.2, -0.15) is 0 Å². The third kappa shape index (κ3) is 1.82. The van der Waals surface area contributed by atoms with E-state index in [1.54, 1.807) is 5.57 Å². The van der Waals surface area contributed by atoms with Gasteiger partial charge in [0, 0.05) is 24.5 Å². The molecule has 0 saturated carbocycles. The van der Waals surface area contributed by atoms with Crippen molar-refractivity contribution in [2.75, 3.05) is 0 Å². The van der Waals surface area contributed by atoms with Crippen LogP contribution in [0.2, 0.25) is 0 Å². The number of hydrogen-bond acceptors (Lipinski definition) is 2. The molecular weight excluding hydrogens is 184 g/mol. The minimum absolute atomic E-state index is 0.643. The zero-order chi connectivity index (χ0) is 10.1. The molecule has 2 saturated heterocycles. The Hall–Kier alpha value is -1.15. The zero-order valence-electron chi connectivity index (χ0n) is 8.82. The van der Waals surface area contributed by atoms with Crippen molar-refractivity contribution >= 4 is 6.08 Å². The van der Waals surface area contributed by atoms with E-state index < -0.39 is 0 Å². The second-order valence-electron chi connectivity index (χ2n) is 4.56. The van der Waals surface area contributed by atoms with Crippen LogP contribution in [0.3, 0.4) is 0 Å². The maximum absolute atomic E-state index is 4.15. The number of nitrogens with one attached hydrogen (secondary N) is 1. The van der Waals surface area contributed by atoms with E-state index >= 15 is 0 Å². The molecule has 2 atom stereocenters. The van der Waals surface area contributed by atoms with E-state index in [1.807, 2.05) is 18.5 Å². The highest BCUT2D eigenvalue weighted by Gasteiger charge is 2.31. The van der Waals surface area contributed by atoms with Gasteiger partial charge in [0.25, 0.3) is 0 Å². The Bertz CT molecular complexity index is 369. The SMILES string of the molecule is C(=C1CC2CCCC1N2)c1cccnc1. The quantitative estimate of drug-likeness (QED) is 0.753. The van der Waals surface area contributed by atoms with E-state index in [4.69, 9.17) is 0 Å². The normalized spacial score (nSPS) is 32.1. The van der Waals surface area contributed by atoms with Crippen LogP contribution in [0.4, 0.5) is 0 Å². The molecule has 1 aromatic heterocycles. The van der Waals surface area contributed by atoms with E-state index in [-0.39, 0.29) is 0 Å². The Morgan fingerprint density at radius 3 is 3.20 bits per heavy atom. The van der Waals surface area contributed by atoms with Crippen molar-refractivity contribution in [2.45, 2.75) is 37.8 Å². The van der Waals surface area contributed by atoms with Crippen molar-refractivity contribution in [3.05, 3.63) is 35.7 Å². The molecule has 1 aromatic rings. The summed E-state index contributed by atoms with van der Waals surface area (Å²) in [5.74, 6) is 0. The van der Waals surface area contributed by atoms with Gasteiger partial charge in [0.2, 0.25) is 0 Å². The first-order valence-corrected chi connectivity index (χ1v) is 5.78. The number of nitrogens with zero attached hydrogens (tertiary/aromatic N) is 1. The highest BCUT2D eigenvalue weighted by atomic mass is 15.0. The first kappa shape index (κ1) is 9.10. The van der Waals surface area contributed by atoms with Crippen molar-refractivity contribution in [3.8, 4) is 0 Å². The summed E-state index contributed by atoms with van der Waals surface area (Å²) in [6.07, 6.45) is 11.4. The summed E-state index contributed by atoms with van der Waals surface area (Å²) in [4.78, 5) is 4.15. The number of pyridine rings is 1. The topological polar surface area (TPSA) is 24.9 Å². The molecule has 0 aromatic carbocycles. The molecule has 2 unspecified atom stereocenters. The van der Waals surface area contributed by atoms with Gasteiger partial charge in [-0.25, -0.2) is 0 Å². The van der Waals surface area contributed by atoms with Crippen molar-refractivity contribution in [3.63, 3.8) is 0 Å². The monoisotopic (exact) mass is 200 g/mol. The number of hydrogen-bond donors (Lipinski definition) is 1. The third-order valence-electron chi connectivity index (χ3n) is 3.45. The minimum atomic E-state index is 0.643.